The highest BCUT2D eigenvalue weighted by Crippen LogP contribution is 2.21. The molecule has 2 rings (SSSR count). The molecule has 0 atom stereocenters. The number of piperazine rings is 1. The van der Waals surface area contributed by atoms with Gasteiger partial charge >= 0.3 is 0 Å². The number of rotatable bonds is 1. The summed E-state index contributed by atoms with van der Waals surface area (Å²) in [5.74, 6) is -0.664. The smallest absolute Gasteiger partial charge is 0.257 e. The SMILES string of the molecule is Cc1ccc(F)c(C(=O)N2CCNCC2(C)C)c1. The number of carbonyl (C=O) groups is 1. The molecule has 1 N–H and O–H groups in total. The Labute approximate surface area is 107 Å². The highest BCUT2D eigenvalue weighted by Gasteiger charge is 2.34. The number of carbonyl (C=O) groups excluding carboxylic acids is 1. The first-order valence-corrected chi connectivity index (χ1v) is 6.21. The van der Waals surface area contributed by atoms with E-state index in [1.807, 2.05) is 20.8 Å². The Hall–Kier alpha value is -1.42. The fourth-order valence-electron chi connectivity index (χ4n) is 2.31. The van der Waals surface area contributed by atoms with Crippen LogP contribution in [0.2, 0.25) is 0 Å². The zero-order chi connectivity index (χ0) is 13.3. The van der Waals surface area contributed by atoms with Crippen molar-refractivity contribution in [3.8, 4) is 0 Å². The maximum absolute atomic E-state index is 13.8. The molecule has 0 saturated carbocycles. The summed E-state index contributed by atoms with van der Waals surface area (Å²) < 4.78 is 13.8. The number of benzene rings is 1. The molecular formula is C14H19FN2O. The zero-order valence-corrected chi connectivity index (χ0v) is 11.1. The van der Waals surface area contributed by atoms with Crippen LogP contribution in [0, 0.1) is 12.7 Å². The van der Waals surface area contributed by atoms with E-state index in [-0.39, 0.29) is 17.0 Å². The lowest BCUT2D eigenvalue weighted by Crippen LogP contribution is -2.59. The molecule has 1 saturated heterocycles. The van der Waals surface area contributed by atoms with E-state index in [1.165, 1.54) is 6.07 Å². The molecule has 1 heterocycles. The molecule has 1 aliphatic rings. The van der Waals surface area contributed by atoms with Gasteiger partial charge in [-0.2, -0.15) is 0 Å². The fraction of sp³-hybridized carbons (Fsp3) is 0.500. The van der Waals surface area contributed by atoms with Crippen LogP contribution in [0.25, 0.3) is 0 Å². The Morgan fingerprint density at radius 1 is 1.44 bits per heavy atom. The van der Waals surface area contributed by atoms with Crippen molar-refractivity contribution in [2.75, 3.05) is 19.6 Å². The lowest BCUT2D eigenvalue weighted by molar-refractivity contribution is 0.0473. The van der Waals surface area contributed by atoms with Gasteiger partial charge in [-0.05, 0) is 32.9 Å². The molecule has 0 radical (unpaired) electrons. The molecule has 0 spiro atoms. The summed E-state index contributed by atoms with van der Waals surface area (Å²) in [5.41, 5.74) is 0.781. The summed E-state index contributed by atoms with van der Waals surface area (Å²) in [6.07, 6.45) is 0. The second-order valence-corrected chi connectivity index (χ2v) is 5.43. The van der Waals surface area contributed by atoms with E-state index in [1.54, 1.807) is 17.0 Å². The molecule has 1 aliphatic heterocycles. The minimum atomic E-state index is -0.445. The van der Waals surface area contributed by atoms with Crippen LogP contribution in [-0.2, 0) is 0 Å². The van der Waals surface area contributed by atoms with Crippen LogP contribution in [0.3, 0.4) is 0 Å². The number of halogens is 1. The van der Waals surface area contributed by atoms with E-state index in [0.29, 0.717) is 6.54 Å². The Kier molecular flexibility index (Phi) is 3.39. The van der Waals surface area contributed by atoms with Gasteiger partial charge in [0.05, 0.1) is 11.1 Å². The summed E-state index contributed by atoms with van der Waals surface area (Å²) in [7, 11) is 0. The number of nitrogens with zero attached hydrogens (tertiary/aromatic N) is 1. The lowest BCUT2D eigenvalue weighted by Gasteiger charge is -2.42. The fourth-order valence-corrected chi connectivity index (χ4v) is 2.31. The third-order valence-electron chi connectivity index (χ3n) is 3.40. The van der Waals surface area contributed by atoms with Crippen molar-refractivity contribution < 1.29 is 9.18 Å². The quantitative estimate of drug-likeness (QED) is 0.826. The van der Waals surface area contributed by atoms with Crippen LogP contribution in [0.5, 0.6) is 0 Å². The molecule has 1 amide bonds. The molecule has 0 aromatic heterocycles. The largest absolute Gasteiger partial charge is 0.331 e. The Balaban J connectivity index is 2.33. The number of hydrogen-bond donors (Lipinski definition) is 1. The van der Waals surface area contributed by atoms with Crippen molar-refractivity contribution in [3.05, 3.63) is 35.1 Å². The van der Waals surface area contributed by atoms with Gasteiger partial charge in [0, 0.05) is 19.6 Å². The molecule has 4 heteroatoms. The van der Waals surface area contributed by atoms with Crippen molar-refractivity contribution in [2.24, 2.45) is 0 Å². The summed E-state index contributed by atoms with van der Waals surface area (Å²) >= 11 is 0. The molecule has 0 unspecified atom stereocenters. The second-order valence-electron chi connectivity index (χ2n) is 5.43. The molecule has 0 bridgehead atoms. The van der Waals surface area contributed by atoms with Crippen LogP contribution >= 0.6 is 0 Å². The van der Waals surface area contributed by atoms with Gasteiger partial charge in [-0.3, -0.25) is 4.79 Å². The van der Waals surface area contributed by atoms with Gasteiger partial charge < -0.3 is 10.2 Å². The van der Waals surface area contributed by atoms with Crippen LogP contribution in [0.1, 0.15) is 29.8 Å². The van der Waals surface area contributed by atoms with Gasteiger partial charge in [0.25, 0.3) is 5.91 Å². The van der Waals surface area contributed by atoms with E-state index < -0.39 is 5.82 Å². The molecule has 0 aliphatic carbocycles. The average molecular weight is 250 g/mol. The van der Waals surface area contributed by atoms with E-state index >= 15 is 0 Å². The Bertz CT molecular complexity index is 471. The van der Waals surface area contributed by atoms with Crippen LogP contribution in [0.15, 0.2) is 18.2 Å². The first kappa shape index (κ1) is 13.0. The summed E-state index contributed by atoms with van der Waals surface area (Å²) in [5, 5.41) is 3.25. The zero-order valence-electron chi connectivity index (χ0n) is 11.1. The van der Waals surface area contributed by atoms with Gasteiger partial charge in [-0.25, -0.2) is 4.39 Å². The molecular weight excluding hydrogens is 231 g/mol. The van der Waals surface area contributed by atoms with Crippen LogP contribution < -0.4 is 5.32 Å². The van der Waals surface area contributed by atoms with Gasteiger partial charge in [-0.15, -0.1) is 0 Å². The van der Waals surface area contributed by atoms with Gasteiger partial charge in [-0.1, -0.05) is 11.6 Å². The maximum atomic E-state index is 13.8. The lowest BCUT2D eigenvalue weighted by atomic mass is 9.98. The number of amides is 1. The third-order valence-corrected chi connectivity index (χ3v) is 3.40. The van der Waals surface area contributed by atoms with Crippen molar-refractivity contribution in [2.45, 2.75) is 26.3 Å². The summed E-state index contributed by atoms with van der Waals surface area (Å²) in [6.45, 7) is 7.93. The topological polar surface area (TPSA) is 32.3 Å². The van der Waals surface area contributed by atoms with Crippen molar-refractivity contribution in [1.82, 2.24) is 10.2 Å². The van der Waals surface area contributed by atoms with E-state index in [2.05, 4.69) is 5.32 Å². The van der Waals surface area contributed by atoms with E-state index in [9.17, 15) is 9.18 Å². The molecule has 1 aromatic rings. The third kappa shape index (κ3) is 2.38. The van der Waals surface area contributed by atoms with Crippen molar-refractivity contribution in [1.29, 1.82) is 0 Å². The number of aryl methyl sites for hydroxylation is 1. The number of nitrogens with one attached hydrogen (secondary N) is 1. The molecule has 98 valence electrons. The summed E-state index contributed by atoms with van der Waals surface area (Å²) in [6, 6.07) is 4.66. The highest BCUT2D eigenvalue weighted by atomic mass is 19.1. The van der Waals surface area contributed by atoms with Gasteiger partial charge in [0.1, 0.15) is 5.82 Å². The van der Waals surface area contributed by atoms with Gasteiger partial charge in [0.15, 0.2) is 0 Å². The van der Waals surface area contributed by atoms with Crippen LogP contribution in [0.4, 0.5) is 4.39 Å². The summed E-state index contributed by atoms with van der Waals surface area (Å²) in [4.78, 5) is 14.2. The normalized spacial score (nSPS) is 18.8. The minimum absolute atomic E-state index is 0.171. The molecule has 1 aromatic carbocycles. The standard InChI is InChI=1S/C14H19FN2O/c1-10-4-5-12(15)11(8-10)13(18)17-7-6-16-9-14(17,2)3/h4-5,8,16H,6-7,9H2,1-3H3. The number of hydrogen-bond acceptors (Lipinski definition) is 2. The minimum Gasteiger partial charge on any atom is -0.331 e. The van der Waals surface area contributed by atoms with Crippen molar-refractivity contribution >= 4 is 5.91 Å². The molecule has 3 nitrogen and oxygen atoms in total. The maximum Gasteiger partial charge on any atom is 0.257 e. The average Bonchev–Trinajstić information content (AvgIpc) is 2.31. The first-order chi connectivity index (χ1) is 8.42. The van der Waals surface area contributed by atoms with Crippen LogP contribution in [-0.4, -0.2) is 36.0 Å². The highest BCUT2D eigenvalue weighted by molar-refractivity contribution is 5.95. The molecule has 1 fully saturated rings. The predicted molar refractivity (Wildman–Crippen MR) is 69.1 cm³/mol. The second kappa shape index (κ2) is 4.69. The van der Waals surface area contributed by atoms with Crippen molar-refractivity contribution in [3.63, 3.8) is 0 Å². The monoisotopic (exact) mass is 250 g/mol. The Morgan fingerprint density at radius 2 is 2.17 bits per heavy atom. The van der Waals surface area contributed by atoms with E-state index in [0.717, 1.165) is 18.7 Å². The van der Waals surface area contributed by atoms with E-state index in [4.69, 9.17) is 0 Å². The Morgan fingerprint density at radius 3 is 2.83 bits per heavy atom. The first-order valence-electron chi connectivity index (χ1n) is 6.21. The molecule has 18 heavy (non-hydrogen) atoms. The predicted octanol–water partition coefficient (Wildman–Crippen LogP) is 1.96. The van der Waals surface area contributed by atoms with Gasteiger partial charge in [0.2, 0.25) is 0 Å².